The molecule has 2 aromatic carbocycles. The quantitative estimate of drug-likeness (QED) is 0.534. The Morgan fingerprint density at radius 1 is 0.929 bits per heavy atom. The number of carbonyl (C=O) groups is 1. The van der Waals surface area contributed by atoms with Gasteiger partial charge in [-0.1, -0.05) is 52.0 Å². The summed E-state index contributed by atoms with van der Waals surface area (Å²) >= 11 is 0. The molecular formula is C24H32N2OY-2. The third kappa shape index (κ3) is 8.81. The Morgan fingerprint density at radius 2 is 1.54 bits per heavy atom. The van der Waals surface area contributed by atoms with Crippen molar-refractivity contribution in [1.29, 1.82) is 0 Å². The molecule has 0 saturated carbocycles. The van der Waals surface area contributed by atoms with Gasteiger partial charge >= 0.3 is 0 Å². The van der Waals surface area contributed by atoms with Gasteiger partial charge in [-0.3, -0.25) is 4.79 Å². The summed E-state index contributed by atoms with van der Waals surface area (Å²) in [6, 6.07) is 20.7. The largest absolute Gasteiger partial charge is 0.659 e. The normalized spacial score (nSPS) is 13.6. The molecule has 0 spiro atoms. The van der Waals surface area contributed by atoms with Crippen LogP contribution in [0.4, 0.5) is 0 Å². The molecule has 1 amide bonds. The van der Waals surface area contributed by atoms with Crippen LogP contribution in [0.5, 0.6) is 0 Å². The molecule has 0 unspecified atom stereocenters. The first kappa shape index (κ1) is 26.7. The van der Waals surface area contributed by atoms with E-state index in [0.29, 0.717) is 0 Å². The number of nitrogens with zero attached hydrogens (tertiary/aromatic N) is 2. The molecule has 1 aliphatic heterocycles. The van der Waals surface area contributed by atoms with E-state index in [9.17, 15) is 4.79 Å². The molecule has 3 nitrogen and oxygen atoms in total. The zero-order valence-electron chi connectivity index (χ0n) is 17.7. The second kappa shape index (κ2) is 16.6. The van der Waals surface area contributed by atoms with Crippen LogP contribution >= 0.6 is 0 Å². The van der Waals surface area contributed by atoms with E-state index in [1.807, 2.05) is 81.1 Å². The van der Waals surface area contributed by atoms with Crippen molar-refractivity contribution in [2.45, 2.75) is 34.1 Å². The Bertz CT molecular complexity index is 653. The van der Waals surface area contributed by atoms with Gasteiger partial charge in [0.15, 0.2) is 0 Å². The molecule has 2 aromatic rings. The number of amides is 1. The van der Waals surface area contributed by atoms with Gasteiger partial charge in [0.05, 0.1) is 0 Å². The van der Waals surface area contributed by atoms with Crippen LogP contribution in [0.15, 0.2) is 60.2 Å². The van der Waals surface area contributed by atoms with Gasteiger partial charge in [-0.2, -0.15) is 36.4 Å². The van der Waals surface area contributed by atoms with Crippen molar-refractivity contribution >= 4 is 12.0 Å². The van der Waals surface area contributed by atoms with E-state index < -0.39 is 0 Å². The fraction of sp³-hybridized carbons (Fsp3) is 0.375. The summed E-state index contributed by atoms with van der Waals surface area (Å²) in [5.41, 5.74) is 3.38. The number of rotatable bonds is 1. The average Bonchev–Trinajstić information content (AvgIpc) is 3.23. The maximum absolute atomic E-state index is 12.3. The molecule has 0 atom stereocenters. The van der Waals surface area contributed by atoms with Crippen LogP contribution in [-0.2, 0) is 43.9 Å². The first-order chi connectivity index (χ1) is 13.3. The van der Waals surface area contributed by atoms with Gasteiger partial charge in [-0.15, -0.1) is 13.1 Å². The van der Waals surface area contributed by atoms with Gasteiger partial charge in [-0.25, -0.2) is 0 Å². The first-order valence-corrected chi connectivity index (χ1v) is 9.97. The van der Waals surface area contributed by atoms with Gasteiger partial charge in [0.2, 0.25) is 5.91 Å². The van der Waals surface area contributed by atoms with E-state index in [0.717, 1.165) is 38.2 Å². The Hall–Kier alpha value is -1.29. The summed E-state index contributed by atoms with van der Waals surface area (Å²) in [4.78, 5) is 14.2. The third-order valence-electron chi connectivity index (χ3n) is 3.99. The second-order valence-electron chi connectivity index (χ2n) is 5.59. The van der Waals surface area contributed by atoms with E-state index >= 15 is 0 Å². The molecule has 1 aliphatic carbocycles. The van der Waals surface area contributed by atoms with Gasteiger partial charge in [0.1, 0.15) is 0 Å². The molecule has 28 heavy (non-hydrogen) atoms. The molecule has 0 aromatic heterocycles. The third-order valence-corrected chi connectivity index (χ3v) is 3.99. The summed E-state index contributed by atoms with van der Waals surface area (Å²) in [5.74, 6) is 0.191. The van der Waals surface area contributed by atoms with Crippen LogP contribution in [0, 0.1) is 6.07 Å². The maximum Gasteiger partial charge on any atom is 0.250 e. The van der Waals surface area contributed by atoms with E-state index in [1.54, 1.807) is 0 Å². The standard InChI is InChI=1S/C14H15N2O.C6H5.2C2H6.Y/c17-14(16-7-5-15-6-8-16)13-9-11-3-1-2-4-12(11)10-13;1-2-4-6-5-3-1;2*1-2;/h1-4,9H,5-8,10H2;1-5H;2*1-2H3;/q2*-1;;;. The van der Waals surface area contributed by atoms with Crippen molar-refractivity contribution in [3.8, 4) is 0 Å². The molecule has 0 bridgehead atoms. The first-order valence-electron chi connectivity index (χ1n) is 9.97. The number of hydrogen-bond acceptors (Lipinski definition) is 1. The van der Waals surface area contributed by atoms with Crippen LogP contribution < -0.4 is 0 Å². The molecule has 0 N–H and O–H groups in total. The monoisotopic (exact) mass is 453 g/mol. The predicted octanol–water partition coefficient (Wildman–Crippen LogP) is 5.38. The zero-order chi connectivity index (χ0) is 19.9. The average molecular weight is 453 g/mol. The van der Waals surface area contributed by atoms with Crippen molar-refractivity contribution in [1.82, 2.24) is 4.90 Å². The molecule has 4 heteroatoms. The van der Waals surface area contributed by atoms with Gasteiger partial charge in [0, 0.05) is 57.8 Å². The molecule has 1 saturated heterocycles. The molecular weight excluding hydrogens is 421 g/mol. The van der Waals surface area contributed by atoms with E-state index in [2.05, 4.69) is 23.5 Å². The van der Waals surface area contributed by atoms with Crippen LogP contribution in [-0.4, -0.2) is 37.0 Å². The summed E-state index contributed by atoms with van der Waals surface area (Å²) < 4.78 is 0. The number of piperazine rings is 1. The minimum Gasteiger partial charge on any atom is -0.659 e. The Kier molecular flexibility index (Phi) is 15.9. The Balaban J connectivity index is 0.000000561. The Morgan fingerprint density at radius 3 is 2.04 bits per heavy atom. The van der Waals surface area contributed by atoms with Crippen LogP contribution in [0.25, 0.3) is 11.4 Å². The van der Waals surface area contributed by atoms with E-state index in [1.165, 1.54) is 11.1 Å². The van der Waals surface area contributed by atoms with Crippen LogP contribution in [0.2, 0.25) is 0 Å². The smallest absolute Gasteiger partial charge is 0.250 e. The molecule has 2 aliphatic rings. The van der Waals surface area contributed by atoms with Crippen molar-refractivity contribution in [3.63, 3.8) is 0 Å². The number of fused-ring (bicyclic) bond motifs is 1. The SMILES string of the molecule is CC.CC.O=C(C1=Cc2ccccc2C1)N1CC[N-]CC1.[Y].[c-]1ccccc1. The summed E-state index contributed by atoms with van der Waals surface area (Å²) in [6.45, 7) is 11.1. The van der Waals surface area contributed by atoms with Gasteiger partial charge < -0.3 is 10.2 Å². The number of benzene rings is 2. The fourth-order valence-corrected chi connectivity index (χ4v) is 2.77. The molecule has 4 rings (SSSR count). The number of hydrogen-bond donors (Lipinski definition) is 0. The summed E-state index contributed by atoms with van der Waals surface area (Å²) in [7, 11) is 0. The second-order valence-corrected chi connectivity index (χ2v) is 5.59. The van der Waals surface area contributed by atoms with Crippen molar-refractivity contribution in [3.05, 3.63) is 82.7 Å². The van der Waals surface area contributed by atoms with Crippen LogP contribution in [0.3, 0.4) is 0 Å². The Labute approximate surface area is 196 Å². The van der Waals surface area contributed by atoms with Crippen LogP contribution in [0.1, 0.15) is 38.8 Å². The van der Waals surface area contributed by atoms with E-state index in [4.69, 9.17) is 0 Å². The number of carbonyl (C=O) groups excluding carboxylic acids is 1. The van der Waals surface area contributed by atoms with E-state index in [-0.39, 0.29) is 38.6 Å². The predicted molar refractivity (Wildman–Crippen MR) is 116 cm³/mol. The minimum atomic E-state index is 0. The molecule has 1 fully saturated rings. The maximum atomic E-state index is 12.3. The van der Waals surface area contributed by atoms with Gasteiger partial charge in [-0.05, 0) is 17.2 Å². The zero-order valence-corrected chi connectivity index (χ0v) is 20.5. The van der Waals surface area contributed by atoms with Crippen molar-refractivity contribution in [2.24, 2.45) is 0 Å². The molecule has 1 heterocycles. The molecule has 149 valence electrons. The van der Waals surface area contributed by atoms with Crippen molar-refractivity contribution < 1.29 is 37.5 Å². The minimum absolute atomic E-state index is 0. The van der Waals surface area contributed by atoms with Gasteiger partial charge in [0.25, 0.3) is 0 Å². The topological polar surface area (TPSA) is 34.4 Å². The summed E-state index contributed by atoms with van der Waals surface area (Å²) in [6.07, 6.45) is 2.81. The summed E-state index contributed by atoms with van der Waals surface area (Å²) in [5, 5.41) is 4.26. The fourth-order valence-electron chi connectivity index (χ4n) is 2.77. The molecule has 1 radical (unpaired) electrons. The van der Waals surface area contributed by atoms with Crippen molar-refractivity contribution in [2.75, 3.05) is 26.2 Å².